The first-order valence-electron chi connectivity index (χ1n) is 5.35. The van der Waals surface area contributed by atoms with E-state index in [1.54, 1.807) is 14.0 Å². The van der Waals surface area contributed by atoms with Gasteiger partial charge in [0.1, 0.15) is 0 Å². The monoisotopic (exact) mass is 353 g/mol. The highest BCUT2D eigenvalue weighted by Crippen LogP contribution is 1.93. The summed E-state index contributed by atoms with van der Waals surface area (Å²) in [6, 6.07) is 0. The van der Waals surface area contributed by atoms with Crippen LogP contribution >= 0.6 is 24.0 Å². The SMILES string of the molecule is CN=C(NCc1noc(C)n1)NCC(C)C.I. The molecule has 0 atom stereocenters. The van der Waals surface area contributed by atoms with Crippen LogP contribution in [0.5, 0.6) is 0 Å². The van der Waals surface area contributed by atoms with Crippen molar-refractivity contribution in [1.82, 2.24) is 20.8 Å². The molecule has 0 aliphatic carbocycles. The molecule has 0 fully saturated rings. The lowest BCUT2D eigenvalue weighted by atomic mass is 10.2. The summed E-state index contributed by atoms with van der Waals surface area (Å²) in [7, 11) is 1.73. The van der Waals surface area contributed by atoms with Crippen LogP contribution in [0.2, 0.25) is 0 Å². The Morgan fingerprint density at radius 2 is 2.12 bits per heavy atom. The van der Waals surface area contributed by atoms with E-state index in [-0.39, 0.29) is 24.0 Å². The van der Waals surface area contributed by atoms with Crippen LogP contribution in [0.15, 0.2) is 9.52 Å². The number of aryl methyl sites for hydroxylation is 1. The minimum atomic E-state index is 0. The van der Waals surface area contributed by atoms with Crippen LogP contribution in [-0.2, 0) is 6.54 Å². The van der Waals surface area contributed by atoms with E-state index in [2.05, 4.69) is 39.6 Å². The van der Waals surface area contributed by atoms with Gasteiger partial charge in [-0.2, -0.15) is 4.98 Å². The van der Waals surface area contributed by atoms with Gasteiger partial charge in [-0.15, -0.1) is 24.0 Å². The van der Waals surface area contributed by atoms with Crippen LogP contribution in [0.4, 0.5) is 0 Å². The molecule has 1 aromatic rings. The van der Waals surface area contributed by atoms with E-state index in [1.165, 1.54) is 0 Å². The molecule has 98 valence electrons. The maximum Gasteiger partial charge on any atom is 0.223 e. The molecule has 1 aromatic heterocycles. The quantitative estimate of drug-likeness (QED) is 0.485. The molecule has 7 heteroatoms. The highest BCUT2D eigenvalue weighted by molar-refractivity contribution is 14.0. The van der Waals surface area contributed by atoms with Gasteiger partial charge in [0.15, 0.2) is 11.8 Å². The number of halogens is 1. The number of aliphatic imine (C=N–C) groups is 1. The summed E-state index contributed by atoms with van der Waals surface area (Å²) in [5.41, 5.74) is 0. The second kappa shape index (κ2) is 8.26. The fourth-order valence-corrected chi connectivity index (χ4v) is 1.10. The van der Waals surface area contributed by atoms with Gasteiger partial charge in [-0.1, -0.05) is 19.0 Å². The zero-order chi connectivity index (χ0) is 12.0. The third kappa shape index (κ3) is 6.44. The summed E-state index contributed by atoms with van der Waals surface area (Å²) in [6.45, 7) is 7.44. The van der Waals surface area contributed by atoms with E-state index < -0.39 is 0 Å². The molecule has 0 aromatic carbocycles. The van der Waals surface area contributed by atoms with Crippen molar-refractivity contribution in [2.75, 3.05) is 13.6 Å². The third-order valence-corrected chi connectivity index (χ3v) is 1.88. The average Bonchev–Trinajstić information content (AvgIpc) is 2.64. The van der Waals surface area contributed by atoms with Crippen molar-refractivity contribution in [2.45, 2.75) is 27.3 Å². The van der Waals surface area contributed by atoms with Crippen LogP contribution in [0, 0.1) is 12.8 Å². The van der Waals surface area contributed by atoms with Gasteiger partial charge < -0.3 is 15.2 Å². The summed E-state index contributed by atoms with van der Waals surface area (Å²) in [5, 5.41) is 10.1. The van der Waals surface area contributed by atoms with Gasteiger partial charge >= 0.3 is 0 Å². The van der Waals surface area contributed by atoms with Crippen molar-refractivity contribution in [2.24, 2.45) is 10.9 Å². The molecule has 0 aliphatic rings. The summed E-state index contributed by atoms with van der Waals surface area (Å²) in [5.74, 6) is 2.52. The van der Waals surface area contributed by atoms with Crippen molar-refractivity contribution in [3.05, 3.63) is 11.7 Å². The Bertz CT molecular complexity index is 350. The molecule has 0 unspecified atom stereocenters. The van der Waals surface area contributed by atoms with E-state index in [1.807, 2.05) is 0 Å². The van der Waals surface area contributed by atoms with Gasteiger partial charge in [0, 0.05) is 20.5 Å². The third-order valence-electron chi connectivity index (χ3n) is 1.88. The summed E-state index contributed by atoms with van der Waals surface area (Å²) in [6.07, 6.45) is 0. The molecule has 17 heavy (non-hydrogen) atoms. The van der Waals surface area contributed by atoms with E-state index >= 15 is 0 Å². The molecular formula is C10H20IN5O. The molecule has 0 saturated heterocycles. The van der Waals surface area contributed by atoms with Gasteiger partial charge in [-0.25, -0.2) is 0 Å². The number of guanidine groups is 1. The second-order valence-corrected chi connectivity index (χ2v) is 3.93. The number of hydrogen-bond donors (Lipinski definition) is 2. The van der Waals surface area contributed by atoms with Crippen LogP contribution in [0.3, 0.4) is 0 Å². The summed E-state index contributed by atoms with van der Waals surface area (Å²) >= 11 is 0. The Kier molecular flexibility index (Phi) is 7.85. The van der Waals surface area contributed by atoms with Crippen molar-refractivity contribution in [1.29, 1.82) is 0 Å². The first-order chi connectivity index (χ1) is 7.61. The molecule has 0 saturated carbocycles. The predicted molar refractivity (Wildman–Crippen MR) is 77.5 cm³/mol. The van der Waals surface area contributed by atoms with Gasteiger partial charge in [0.2, 0.25) is 5.89 Å². The van der Waals surface area contributed by atoms with E-state index in [0.717, 1.165) is 12.5 Å². The minimum Gasteiger partial charge on any atom is -0.356 e. The van der Waals surface area contributed by atoms with Crippen LogP contribution in [-0.4, -0.2) is 29.7 Å². The van der Waals surface area contributed by atoms with Gasteiger partial charge in [0.25, 0.3) is 0 Å². The number of hydrogen-bond acceptors (Lipinski definition) is 4. The normalized spacial score (nSPS) is 11.2. The van der Waals surface area contributed by atoms with E-state index in [9.17, 15) is 0 Å². The Hall–Kier alpha value is -0.860. The molecule has 6 nitrogen and oxygen atoms in total. The zero-order valence-electron chi connectivity index (χ0n) is 10.6. The number of aromatic nitrogens is 2. The molecule has 0 aliphatic heterocycles. The fourth-order valence-electron chi connectivity index (χ4n) is 1.10. The Morgan fingerprint density at radius 3 is 2.59 bits per heavy atom. The van der Waals surface area contributed by atoms with Crippen LogP contribution in [0.1, 0.15) is 25.6 Å². The molecule has 2 N–H and O–H groups in total. The van der Waals surface area contributed by atoms with Gasteiger partial charge in [-0.05, 0) is 5.92 Å². The van der Waals surface area contributed by atoms with Crippen LogP contribution < -0.4 is 10.6 Å². The fraction of sp³-hybridized carbons (Fsp3) is 0.700. The van der Waals surface area contributed by atoms with Crippen molar-refractivity contribution < 1.29 is 4.52 Å². The average molecular weight is 353 g/mol. The first-order valence-corrected chi connectivity index (χ1v) is 5.35. The van der Waals surface area contributed by atoms with Crippen molar-refractivity contribution in [3.8, 4) is 0 Å². The number of rotatable bonds is 4. The first kappa shape index (κ1) is 16.1. The molecule has 0 radical (unpaired) electrons. The minimum absolute atomic E-state index is 0. The Balaban J connectivity index is 0.00000256. The standard InChI is InChI=1S/C10H19N5O.HI/c1-7(2)5-12-10(11-4)13-6-9-14-8(3)16-15-9;/h7H,5-6H2,1-4H3,(H2,11,12,13);1H. The lowest BCUT2D eigenvalue weighted by molar-refractivity contribution is 0.386. The topological polar surface area (TPSA) is 75.3 Å². The summed E-state index contributed by atoms with van der Waals surface area (Å²) in [4.78, 5) is 8.18. The van der Waals surface area contributed by atoms with Crippen molar-refractivity contribution in [3.63, 3.8) is 0 Å². The number of nitrogens with zero attached hydrogens (tertiary/aromatic N) is 3. The molecule has 0 bridgehead atoms. The molecule has 1 heterocycles. The molecule has 1 rings (SSSR count). The highest BCUT2D eigenvalue weighted by atomic mass is 127. The number of nitrogens with one attached hydrogen (secondary N) is 2. The largest absolute Gasteiger partial charge is 0.356 e. The molecule has 0 amide bonds. The van der Waals surface area contributed by atoms with E-state index in [4.69, 9.17) is 4.52 Å². The lowest BCUT2D eigenvalue weighted by Gasteiger charge is -2.11. The van der Waals surface area contributed by atoms with E-state index in [0.29, 0.717) is 24.2 Å². The smallest absolute Gasteiger partial charge is 0.223 e. The maximum absolute atomic E-state index is 4.87. The highest BCUT2D eigenvalue weighted by Gasteiger charge is 2.03. The molecule has 0 spiro atoms. The molecular weight excluding hydrogens is 333 g/mol. The van der Waals surface area contributed by atoms with Gasteiger partial charge in [0.05, 0.1) is 6.54 Å². The summed E-state index contributed by atoms with van der Waals surface area (Å²) < 4.78 is 4.87. The van der Waals surface area contributed by atoms with Crippen LogP contribution in [0.25, 0.3) is 0 Å². The maximum atomic E-state index is 4.87. The Morgan fingerprint density at radius 1 is 1.41 bits per heavy atom. The predicted octanol–water partition coefficient (Wildman–Crippen LogP) is 1.32. The lowest BCUT2D eigenvalue weighted by Crippen LogP contribution is -2.38. The second-order valence-electron chi connectivity index (χ2n) is 3.93. The Labute approximate surface area is 119 Å². The zero-order valence-corrected chi connectivity index (χ0v) is 13.0. The van der Waals surface area contributed by atoms with Gasteiger partial charge in [-0.3, -0.25) is 4.99 Å². The van der Waals surface area contributed by atoms with Crippen molar-refractivity contribution >= 4 is 29.9 Å².